The van der Waals surface area contributed by atoms with E-state index in [0.29, 0.717) is 10.3 Å². The number of hydrogen-bond donors (Lipinski definition) is 0. The third kappa shape index (κ3) is 3.79. The van der Waals surface area contributed by atoms with Gasteiger partial charge in [-0.25, -0.2) is 0 Å². The van der Waals surface area contributed by atoms with Crippen molar-refractivity contribution in [3.8, 4) is 0 Å². The van der Waals surface area contributed by atoms with Crippen LogP contribution in [0.15, 0.2) is 23.1 Å². The summed E-state index contributed by atoms with van der Waals surface area (Å²) in [6.07, 6.45) is 5.85. The van der Waals surface area contributed by atoms with Crippen molar-refractivity contribution < 1.29 is 9.53 Å². The average Bonchev–Trinajstić information content (AvgIpc) is 2.95. The predicted molar refractivity (Wildman–Crippen MR) is 91.9 cm³/mol. The lowest BCUT2D eigenvalue weighted by molar-refractivity contribution is -0.125. The molecule has 3 rings (SSSR count). The molecule has 1 atom stereocenters. The molecule has 0 aromatic heterocycles. The van der Waals surface area contributed by atoms with Crippen LogP contribution in [0.25, 0.3) is 0 Å². The lowest BCUT2D eigenvalue weighted by Gasteiger charge is -2.23. The van der Waals surface area contributed by atoms with Crippen molar-refractivity contribution in [2.45, 2.75) is 55.3 Å². The molecule has 1 amide bonds. The van der Waals surface area contributed by atoms with E-state index >= 15 is 0 Å². The van der Waals surface area contributed by atoms with Crippen LogP contribution < -0.4 is 4.90 Å². The first-order valence-electron chi connectivity index (χ1n) is 8.01. The Hall–Kier alpha value is -0.710. The Labute approximate surface area is 141 Å². The summed E-state index contributed by atoms with van der Waals surface area (Å²) in [6, 6.07) is 5.81. The van der Waals surface area contributed by atoms with E-state index < -0.39 is 0 Å². The van der Waals surface area contributed by atoms with Gasteiger partial charge in [-0.3, -0.25) is 4.79 Å². The van der Waals surface area contributed by atoms with Crippen LogP contribution in [0, 0.1) is 0 Å². The number of nitrogens with zero attached hydrogens (tertiary/aromatic N) is 1. The number of fused-ring (bicyclic) bond motifs is 1. The monoisotopic (exact) mass is 339 g/mol. The van der Waals surface area contributed by atoms with Gasteiger partial charge in [0.2, 0.25) is 0 Å². The highest BCUT2D eigenvalue weighted by Gasteiger charge is 2.26. The summed E-state index contributed by atoms with van der Waals surface area (Å²) in [5.41, 5.74) is 0.932. The molecule has 0 N–H and O–H groups in total. The molecule has 1 aromatic carbocycles. The van der Waals surface area contributed by atoms with E-state index in [1.54, 1.807) is 0 Å². The molecule has 2 aliphatic rings. The molecule has 0 bridgehead atoms. The van der Waals surface area contributed by atoms with Gasteiger partial charge in [-0.1, -0.05) is 31.4 Å². The summed E-state index contributed by atoms with van der Waals surface area (Å²) in [5.74, 6) is 0.0464. The summed E-state index contributed by atoms with van der Waals surface area (Å²) in [5, 5.41) is 1.16. The number of thioether (sulfide) groups is 1. The van der Waals surface area contributed by atoms with Crippen molar-refractivity contribution in [1.82, 2.24) is 0 Å². The van der Waals surface area contributed by atoms with Crippen LogP contribution in [-0.4, -0.2) is 30.4 Å². The van der Waals surface area contributed by atoms with Crippen LogP contribution in [0.4, 0.5) is 5.69 Å². The number of benzene rings is 1. The quantitative estimate of drug-likeness (QED) is 0.811. The van der Waals surface area contributed by atoms with Gasteiger partial charge in [0.05, 0.1) is 11.8 Å². The van der Waals surface area contributed by atoms with E-state index in [-0.39, 0.29) is 18.6 Å². The molecule has 1 heterocycles. The maximum Gasteiger partial charge on any atom is 0.253 e. The number of halogens is 1. The Morgan fingerprint density at radius 3 is 2.91 bits per heavy atom. The van der Waals surface area contributed by atoms with Crippen LogP contribution in [-0.2, 0) is 9.53 Å². The zero-order valence-electron chi connectivity index (χ0n) is 12.9. The predicted octanol–water partition coefficient (Wildman–Crippen LogP) is 4.52. The molecular formula is C17H22ClNO2S. The Morgan fingerprint density at radius 1 is 1.36 bits per heavy atom. The second-order valence-corrected chi connectivity index (χ2v) is 8.01. The van der Waals surface area contributed by atoms with Gasteiger partial charge in [-0.2, -0.15) is 0 Å². The summed E-state index contributed by atoms with van der Waals surface area (Å²) in [6.45, 7) is 3.11. The first-order valence-corrected chi connectivity index (χ1v) is 9.27. The molecule has 3 nitrogen and oxygen atoms in total. The van der Waals surface area contributed by atoms with Gasteiger partial charge >= 0.3 is 0 Å². The van der Waals surface area contributed by atoms with Gasteiger partial charge in [-0.15, -0.1) is 11.8 Å². The maximum atomic E-state index is 12.6. The van der Waals surface area contributed by atoms with E-state index in [0.717, 1.165) is 36.4 Å². The minimum absolute atomic E-state index is 0.0464. The number of amides is 1. The fraction of sp³-hybridized carbons (Fsp3) is 0.588. The zero-order chi connectivity index (χ0) is 15.5. The minimum Gasteiger partial charge on any atom is -0.368 e. The summed E-state index contributed by atoms with van der Waals surface area (Å²) >= 11 is 7.95. The van der Waals surface area contributed by atoms with E-state index in [1.165, 1.54) is 12.8 Å². The largest absolute Gasteiger partial charge is 0.368 e. The smallest absolute Gasteiger partial charge is 0.253 e. The van der Waals surface area contributed by atoms with Gasteiger partial charge in [0.1, 0.15) is 6.61 Å². The number of carbonyl (C=O) groups is 1. The lowest BCUT2D eigenvalue weighted by Crippen LogP contribution is -2.36. The fourth-order valence-corrected chi connectivity index (χ4v) is 4.35. The van der Waals surface area contributed by atoms with Gasteiger partial charge in [0, 0.05) is 21.7 Å². The first kappa shape index (κ1) is 16.2. The van der Waals surface area contributed by atoms with Crippen LogP contribution >= 0.6 is 23.4 Å². The second kappa shape index (κ2) is 7.24. The molecule has 5 heteroatoms. The number of ether oxygens (including phenoxy) is 1. The molecular weight excluding hydrogens is 318 g/mol. The molecule has 22 heavy (non-hydrogen) atoms. The van der Waals surface area contributed by atoms with Gasteiger partial charge in [0.15, 0.2) is 0 Å². The summed E-state index contributed by atoms with van der Waals surface area (Å²) < 4.78 is 5.80. The Bertz CT molecular complexity index is 545. The Balaban J connectivity index is 1.74. The van der Waals surface area contributed by atoms with Crippen molar-refractivity contribution in [2.75, 3.05) is 18.1 Å². The van der Waals surface area contributed by atoms with Crippen molar-refractivity contribution in [2.24, 2.45) is 0 Å². The highest BCUT2D eigenvalue weighted by atomic mass is 35.5. The average molecular weight is 340 g/mol. The number of hydrogen-bond acceptors (Lipinski definition) is 3. The molecule has 1 aliphatic carbocycles. The maximum absolute atomic E-state index is 12.6. The van der Waals surface area contributed by atoms with Crippen molar-refractivity contribution in [3.63, 3.8) is 0 Å². The molecule has 120 valence electrons. The molecule has 1 aliphatic heterocycles. The van der Waals surface area contributed by atoms with E-state index in [1.807, 2.05) is 34.9 Å². The van der Waals surface area contributed by atoms with E-state index in [2.05, 4.69) is 6.92 Å². The number of rotatable bonds is 3. The van der Waals surface area contributed by atoms with E-state index in [9.17, 15) is 4.79 Å². The highest BCUT2D eigenvalue weighted by molar-refractivity contribution is 8.00. The van der Waals surface area contributed by atoms with Crippen LogP contribution in [0.3, 0.4) is 0 Å². The van der Waals surface area contributed by atoms with Crippen LogP contribution in [0.2, 0.25) is 5.02 Å². The molecule has 0 saturated heterocycles. The molecule has 0 radical (unpaired) electrons. The topological polar surface area (TPSA) is 29.5 Å². The summed E-state index contributed by atoms with van der Waals surface area (Å²) in [7, 11) is 0. The number of anilines is 1. The standard InChI is InChI=1S/C17H22ClNO2S/c1-12-8-9-19(15-10-13(18)6-7-16(15)22-12)17(20)11-21-14-4-2-3-5-14/h6-7,10,12,14H,2-5,8-9,11H2,1H3. The van der Waals surface area contributed by atoms with Crippen LogP contribution in [0.5, 0.6) is 0 Å². The van der Waals surface area contributed by atoms with Crippen LogP contribution in [0.1, 0.15) is 39.0 Å². The molecule has 0 spiro atoms. The van der Waals surface area contributed by atoms with Crippen molar-refractivity contribution >= 4 is 35.0 Å². The SMILES string of the molecule is CC1CCN(C(=O)COC2CCCC2)c2cc(Cl)ccc2S1. The molecule has 1 saturated carbocycles. The lowest BCUT2D eigenvalue weighted by atomic mass is 10.2. The fourth-order valence-electron chi connectivity index (χ4n) is 3.09. The van der Waals surface area contributed by atoms with E-state index in [4.69, 9.17) is 16.3 Å². The van der Waals surface area contributed by atoms with Crippen molar-refractivity contribution in [3.05, 3.63) is 23.2 Å². The highest BCUT2D eigenvalue weighted by Crippen LogP contribution is 2.39. The molecule has 1 unspecified atom stereocenters. The molecule has 1 aromatic rings. The zero-order valence-corrected chi connectivity index (χ0v) is 14.5. The molecule has 1 fully saturated rings. The normalized spacial score (nSPS) is 22.5. The Kier molecular flexibility index (Phi) is 5.32. The van der Waals surface area contributed by atoms with Gasteiger partial charge < -0.3 is 9.64 Å². The van der Waals surface area contributed by atoms with Crippen molar-refractivity contribution in [1.29, 1.82) is 0 Å². The second-order valence-electron chi connectivity index (χ2n) is 6.09. The third-order valence-electron chi connectivity index (χ3n) is 4.34. The summed E-state index contributed by atoms with van der Waals surface area (Å²) in [4.78, 5) is 15.6. The Morgan fingerprint density at radius 2 is 2.14 bits per heavy atom. The first-order chi connectivity index (χ1) is 10.6. The third-order valence-corrected chi connectivity index (χ3v) is 5.82. The van der Waals surface area contributed by atoms with Gasteiger partial charge in [0.25, 0.3) is 5.91 Å². The van der Waals surface area contributed by atoms with Gasteiger partial charge in [-0.05, 0) is 37.5 Å². The minimum atomic E-state index is 0.0464. The number of carbonyl (C=O) groups excluding carboxylic acids is 1.